The van der Waals surface area contributed by atoms with Gasteiger partial charge in [-0.05, 0) is 50.1 Å². The number of hydrogen-bond donors (Lipinski definition) is 2. The first-order valence-electron chi connectivity index (χ1n) is 7.01. The summed E-state index contributed by atoms with van der Waals surface area (Å²) in [6.07, 6.45) is 7.15. The molecule has 2 unspecified atom stereocenters. The molecule has 0 bridgehead atoms. The topological polar surface area (TPSA) is 41.5 Å². The van der Waals surface area contributed by atoms with Gasteiger partial charge in [-0.3, -0.25) is 0 Å². The van der Waals surface area contributed by atoms with E-state index in [-0.39, 0.29) is 11.5 Å². The molecule has 0 aromatic carbocycles. The lowest BCUT2D eigenvalue weighted by Crippen LogP contribution is -2.51. The van der Waals surface area contributed by atoms with Crippen molar-refractivity contribution in [3.63, 3.8) is 0 Å². The van der Waals surface area contributed by atoms with E-state index in [1.165, 1.54) is 4.91 Å². The van der Waals surface area contributed by atoms with Gasteiger partial charge < -0.3 is 15.2 Å². The molecule has 0 spiro atoms. The van der Waals surface area contributed by atoms with Gasteiger partial charge in [0.25, 0.3) is 0 Å². The Morgan fingerprint density at radius 2 is 2.16 bits per heavy atom. The number of piperidine rings is 1. The lowest BCUT2D eigenvalue weighted by molar-refractivity contribution is -0.0531. The van der Waals surface area contributed by atoms with Crippen LogP contribution in [0.4, 0.5) is 0 Å². The molecular weight excluding hydrogens is 258 g/mol. The molecule has 0 aromatic rings. The summed E-state index contributed by atoms with van der Waals surface area (Å²) < 4.78 is 5.34. The minimum atomic E-state index is -0.628. The van der Waals surface area contributed by atoms with Gasteiger partial charge in [0, 0.05) is 18.9 Å². The third-order valence-corrected chi connectivity index (χ3v) is 5.28. The van der Waals surface area contributed by atoms with Crippen LogP contribution in [0.2, 0.25) is 0 Å². The van der Waals surface area contributed by atoms with Gasteiger partial charge in [0.05, 0.1) is 11.7 Å². The van der Waals surface area contributed by atoms with Crippen molar-refractivity contribution < 1.29 is 9.84 Å². The number of methoxy groups -OCH3 is 1. The van der Waals surface area contributed by atoms with Crippen molar-refractivity contribution in [1.29, 1.82) is 0 Å². The normalized spacial score (nSPS) is 31.9. The molecule has 2 N–H and O–H groups in total. The highest BCUT2D eigenvalue weighted by Crippen LogP contribution is 2.46. The zero-order valence-electron chi connectivity index (χ0n) is 12.1. The average molecular weight is 283 g/mol. The minimum Gasteiger partial charge on any atom is -0.389 e. The molecule has 0 aromatic heterocycles. The van der Waals surface area contributed by atoms with Crippen molar-refractivity contribution in [2.75, 3.05) is 20.2 Å². The van der Waals surface area contributed by atoms with E-state index in [0.29, 0.717) is 0 Å². The second-order valence-electron chi connectivity index (χ2n) is 5.85. The van der Waals surface area contributed by atoms with Crippen LogP contribution in [0, 0.1) is 5.41 Å². The van der Waals surface area contributed by atoms with E-state index in [2.05, 4.69) is 36.7 Å². The van der Waals surface area contributed by atoms with E-state index in [4.69, 9.17) is 4.74 Å². The molecule has 1 saturated heterocycles. The van der Waals surface area contributed by atoms with Crippen LogP contribution in [0.25, 0.3) is 0 Å². The highest BCUT2D eigenvalue weighted by molar-refractivity contribution is 8.05. The standard InChI is InChI=1S/C15H25NO2S/c1-12(18-3)10-13-11-14(2,6-9-19-13)15(17)4-7-16-8-5-15/h6,9,11-12,16-17H,4-5,7-8,10H2,1-3H3. The van der Waals surface area contributed by atoms with Crippen LogP contribution in [0.1, 0.15) is 33.1 Å². The van der Waals surface area contributed by atoms with E-state index in [0.717, 1.165) is 32.4 Å². The van der Waals surface area contributed by atoms with E-state index in [1.54, 1.807) is 18.9 Å². The molecule has 0 amide bonds. The second-order valence-corrected chi connectivity index (χ2v) is 6.88. The average Bonchev–Trinajstić information content (AvgIpc) is 2.39. The van der Waals surface area contributed by atoms with Gasteiger partial charge in [0.1, 0.15) is 0 Å². The number of nitrogens with one attached hydrogen (secondary N) is 1. The summed E-state index contributed by atoms with van der Waals surface area (Å²) in [5.74, 6) is 0. The van der Waals surface area contributed by atoms with Gasteiger partial charge in [-0.2, -0.15) is 0 Å². The zero-order chi connectivity index (χ0) is 13.9. The molecule has 1 fully saturated rings. The Morgan fingerprint density at radius 3 is 2.79 bits per heavy atom. The minimum absolute atomic E-state index is 0.220. The molecule has 19 heavy (non-hydrogen) atoms. The van der Waals surface area contributed by atoms with E-state index < -0.39 is 5.60 Å². The summed E-state index contributed by atoms with van der Waals surface area (Å²) in [7, 11) is 1.74. The highest BCUT2D eigenvalue weighted by atomic mass is 32.2. The van der Waals surface area contributed by atoms with Crippen molar-refractivity contribution in [2.45, 2.75) is 44.8 Å². The van der Waals surface area contributed by atoms with Gasteiger partial charge in [-0.25, -0.2) is 0 Å². The predicted octanol–water partition coefficient (Wildman–Crippen LogP) is 2.68. The quantitative estimate of drug-likeness (QED) is 0.832. The summed E-state index contributed by atoms with van der Waals surface area (Å²) in [4.78, 5) is 1.30. The highest BCUT2D eigenvalue weighted by Gasteiger charge is 2.45. The predicted molar refractivity (Wildman–Crippen MR) is 81.1 cm³/mol. The maximum atomic E-state index is 11.0. The summed E-state index contributed by atoms with van der Waals surface area (Å²) in [5.41, 5.74) is -0.888. The Morgan fingerprint density at radius 1 is 1.47 bits per heavy atom. The van der Waals surface area contributed by atoms with Crippen LogP contribution < -0.4 is 5.32 Å². The van der Waals surface area contributed by atoms with Crippen LogP contribution >= 0.6 is 11.8 Å². The van der Waals surface area contributed by atoms with Crippen LogP contribution in [0.3, 0.4) is 0 Å². The summed E-state index contributed by atoms with van der Waals surface area (Å²) in [6.45, 7) is 6.01. The first kappa shape index (κ1) is 15.1. The zero-order valence-corrected chi connectivity index (χ0v) is 12.9. The Labute approximate surface area is 120 Å². The van der Waals surface area contributed by atoms with Crippen LogP contribution in [0.15, 0.2) is 22.5 Å². The second kappa shape index (κ2) is 6.00. The van der Waals surface area contributed by atoms with Gasteiger partial charge in [0.15, 0.2) is 0 Å². The number of rotatable bonds is 4. The summed E-state index contributed by atoms with van der Waals surface area (Å²) >= 11 is 1.75. The molecule has 2 atom stereocenters. The fourth-order valence-corrected chi connectivity index (χ4v) is 3.99. The van der Waals surface area contributed by atoms with Gasteiger partial charge in [0.2, 0.25) is 0 Å². The van der Waals surface area contributed by atoms with E-state index in [9.17, 15) is 5.11 Å². The Balaban J connectivity index is 2.16. The molecule has 4 heteroatoms. The first-order chi connectivity index (χ1) is 8.99. The van der Waals surface area contributed by atoms with Crippen molar-refractivity contribution in [3.05, 3.63) is 22.5 Å². The van der Waals surface area contributed by atoms with E-state index in [1.807, 2.05) is 0 Å². The number of hydrogen-bond acceptors (Lipinski definition) is 4. The van der Waals surface area contributed by atoms with Crippen molar-refractivity contribution in [2.24, 2.45) is 5.41 Å². The molecule has 2 heterocycles. The van der Waals surface area contributed by atoms with Crippen LogP contribution in [0.5, 0.6) is 0 Å². The van der Waals surface area contributed by atoms with Gasteiger partial charge in [-0.1, -0.05) is 12.2 Å². The number of thioether (sulfide) groups is 1. The SMILES string of the molecule is COC(C)CC1=CC(C)(C2(O)CCNCC2)C=CS1. The maximum absolute atomic E-state index is 11.0. The largest absolute Gasteiger partial charge is 0.389 e. The summed E-state index contributed by atoms with van der Waals surface area (Å²) in [5, 5.41) is 16.4. The molecular formula is C15H25NO2S. The van der Waals surface area contributed by atoms with E-state index >= 15 is 0 Å². The third-order valence-electron chi connectivity index (χ3n) is 4.42. The van der Waals surface area contributed by atoms with Crippen molar-refractivity contribution in [3.8, 4) is 0 Å². The molecule has 3 nitrogen and oxygen atoms in total. The smallest absolute Gasteiger partial charge is 0.0794 e. The first-order valence-corrected chi connectivity index (χ1v) is 7.89. The molecule has 108 valence electrons. The Hall–Kier alpha value is -0.290. The van der Waals surface area contributed by atoms with Gasteiger partial charge >= 0.3 is 0 Å². The lowest BCUT2D eigenvalue weighted by atomic mass is 9.68. The van der Waals surface area contributed by atoms with Crippen molar-refractivity contribution >= 4 is 11.8 Å². The third kappa shape index (κ3) is 3.24. The number of aliphatic hydroxyl groups is 1. The Bertz CT molecular complexity index is 374. The molecule has 2 aliphatic rings. The number of ether oxygens (including phenoxy) is 1. The molecule has 2 aliphatic heterocycles. The van der Waals surface area contributed by atoms with Crippen LogP contribution in [-0.4, -0.2) is 37.0 Å². The summed E-state index contributed by atoms with van der Waals surface area (Å²) in [6, 6.07) is 0. The lowest BCUT2D eigenvalue weighted by Gasteiger charge is -2.45. The fraction of sp³-hybridized carbons (Fsp3) is 0.733. The Kier molecular flexibility index (Phi) is 4.77. The van der Waals surface area contributed by atoms with Crippen LogP contribution in [-0.2, 0) is 4.74 Å². The molecule has 0 radical (unpaired) electrons. The fourth-order valence-electron chi connectivity index (χ4n) is 2.82. The van der Waals surface area contributed by atoms with Gasteiger partial charge in [-0.15, -0.1) is 11.8 Å². The molecule has 0 saturated carbocycles. The maximum Gasteiger partial charge on any atom is 0.0794 e. The molecule has 2 rings (SSSR count). The molecule has 0 aliphatic carbocycles. The monoisotopic (exact) mass is 283 g/mol. The van der Waals surface area contributed by atoms with Crippen molar-refractivity contribution in [1.82, 2.24) is 5.32 Å².